The molecule has 0 N–H and O–H groups in total. The van der Waals surface area contributed by atoms with Crippen LogP contribution in [-0.4, -0.2) is 61.0 Å². The minimum atomic E-state index is -1.06. The molecule has 7 rings (SSSR count). The molecule has 2 heterocycles. The van der Waals surface area contributed by atoms with E-state index in [1.807, 2.05) is 71.4 Å². The monoisotopic (exact) mass is 735 g/mol. The van der Waals surface area contributed by atoms with E-state index in [0.717, 1.165) is 30.0 Å². The van der Waals surface area contributed by atoms with Crippen LogP contribution >= 0.6 is 23.2 Å². The molecule has 0 aliphatic carbocycles. The van der Waals surface area contributed by atoms with E-state index < -0.39 is 5.79 Å². The Labute approximate surface area is 316 Å². The van der Waals surface area contributed by atoms with Gasteiger partial charge < -0.3 is 28.4 Å². The summed E-state index contributed by atoms with van der Waals surface area (Å²) in [6.45, 7) is 2.77. The fraction of sp³-hybridized carbons (Fsp3) is 0.233. The number of likely N-dealkylation sites (N-methyl/N-ethyl adjacent to an activating group) is 1. The molecule has 9 heteroatoms. The van der Waals surface area contributed by atoms with Gasteiger partial charge in [0.05, 0.1) is 31.1 Å². The molecule has 268 valence electrons. The molecule has 0 unspecified atom stereocenters. The van der Waals surface area contributed by atoms with Crippen molar-refractivity contribution in [3.05, 3.63) is 179 Å². The standard InChI is InChI=1S/C26H22Cl2N2O3.C17H21NO/c27-21-8-11-24(25(28)14-21)26(17-30-13-12-29-18-30)32-16-23(33-26)15-31-22-9-6-20(7-10-22)19-4-2-1-3-5-19;1-18(2)13-14-19-17(15-9-5-3-6-10-15)16-11-7-4-8-12-16/h1-14,18,23H,15-17H2;3-12,17H,13-14H2,1-2H3/t23-,26-;/m1./s1. The average Bonchev–Trinajstić information content (AvgIpc) is 3.84. The number of hydrogen-bond donors (Lipinski definition) is 0. The Kier molecular flexibility index (Phi) is 13.1. The summed E-state index contributed by atoms with van der Waals surface area (Å²) in [5, 5.41) is 1.04. The number of nitrogens with zero attached hydrogens (tertiary/aromatic N) is 3. The van der Waals surface area contributed by atoms with Gasteiger partial charge in [-0.3, -0.25) is 0 Å². The maximum absolute atomic E-state index is 6.52. The van der Waals surface area contributed by atoms with Crippen LogP contribution in [0.4, 0.5) is 0 Å². The lowest BCUT2D eigenvalue weighted by atomic mass is 10.0. The number of halogens is 2. The maximum atomic E-state index is 6.52. The predicted octanol–water partition coefficient (Wildman–Crippen LogP) is 9.56. The predicted molar refractivity (Wildman–Crippen MR) is 208 cm³/mol. The molecule has 6 aromatic rings. The smallest absolute Gasteiger partial charge is 0.215 e. The summed E-state index contributed by atoms with van der Waals surface area (Å²) in [6.07, 6.45) is 5.04. The van der Waals surface area contributed by atoms with Crippen molar-refractivity contribution in [1.82, 2.24) is 14.5 Å². The molecule has 52 heavy (non-hydrogen) atoms. The van der Waals surface area contributed by atoms with Crippen LogP contribution in [0.1, 0.15) is 22.8 Å². The van der Waals surface area contributed by atoms with Gasteiger partial charge in [-0.15, -0.1) is 0 Å². The molecule has 0 bridgehead atoms. The minimum absolute atomic E-state index is 0.0161. The zero-order valence-corrected chi connectivity index (χ0v) is 30.9. The normalized spacial score (nSPS) is 16.8. The van der Waals surface area contributed by atoms with Crippen molar-refractivity contribution in [3.63, 3.8) is 0 Å². The fourth-order valence-electron chi connectivity index (χ4n) is 5.93. The van der Waals surface area contributed by atoms with Crippen LogP contribution in [0.3, 0.4) is 0 Å². The van der Waals surface area contributed by atoms with Crippen LogP contribution < -0.4 is 4.74 Å². The molecule has 1 fully saturated rings. The first-order valence-electron chi connectivity index (χ1n) is 17.3. The second kappa shape index (κ2) is 18.3. The van der Waals surface area contributed by atoms with Crippen LogP contribution in [-0.2, 0) is 26.5 Å². The largest absolute Gasteiger partial charge is 0.491 e. The lowest BCUT2D eigenvalue weighted by Gasteiger charge is -2.30. The van der Waals surface area contributed by atoms with Crippen LogP contribution in [0.25, 0.3) is 11.1 Å². The van der Waals surface area contributed by atoms with Crippen molar-refractivity contribution in [3.8, 4) is 16.9 Å². The molecule has 0 spiro atoms. The highest BCUT2D eigenvalue weighted by Crippen LogP contribution is 2.40. The van der Waals surface area contributed by atoms with Gasteiger partial charge >= 0.3 is 0 Å². The Hall–Kier alpha value is -4.47. The lowest BCUT2D eigenvalue weighted by molar-refractivity contribution is -0.189. The van der Waals surface area contributed by atoms with Crippen LogP contribution in [0.15, 0.2) is 152 Å². The minimum Gasteiger partial charge on any atom is -0.491 e. The second-order valence-corrected chi connectivity index (χ2v) is 13.6. The highest BCUT2D eigenvalue weighted by molar-refractivity contribution is 6.35. The van der Waals surface area contributed by atoms with Crippen LogP contribution in [0.2, 0.25) is 10.0 Å². The zero-order valence-electron chi connectivity index (χ0n) is 29.4. The Bertz CT molecular complexity index is 1890. The van der Waals surface area contributed by atoms with Crippen molar-refractivity contribution in [2.24, 2.45) is 0 Å². The van der Waals surface area contributed by atoms with Gasteiger partial charge in [-0.2, -0.15) is 0 Å². The first-order valence-corrected chi connectivity index (χ1v) is 18.0. The van der Waals surface area contributed by atoms with Crippen molar-refractivity contribution >= 4 is 23.2 Å². The molecular weight excluding hydrogens is 693 g/mol. The highest BCUT2D eigenvalue weighted by atomic mass is 35.5. The lowest BCUT2D eigenvalue weighted by Crippen LogP contribution is -2.34. The summed E-state index contributed by atoms with van der Waals surface area (Å²) in [5.74, 6) is -0.289. The molecule has 0 radical (unpaired) electrons. The summed E-state index contributed by atoms with van der Waals surface area (Å²) in [4.78, 5) is 6.25. The molecular formula is C43H43Cl2N3O4. The molecule has 1 aliphatic rings. The van der Waals surface area contributed by atoms with Gasteiger partial charge in [-0.05, 0) is 60.6 Å². The molecule has 7 nitrogen and oxygen atoms in total. The van der Waals surface area contributed by atoms with Gasteiger partial charge in [0.2, 0.25) is 5.79 Å². The molecule has 0 amide bonds. The second-order valence-electron chi connectivity index (χ2n) is 12.7. The third-order valence-electron chi connectivity index (χ3n) is 8.58. The maximum Gasteiger partial charge on any atom is 0.215 e. The summed E-state index contributed by atoms with van der Waals surface area (Å²) in [5.41, 5.74) is 5.43. The van der Waals surface area contributed by atoms with Crippen LogP contribution in [0.5, 0.6) is 5.75 Å². The van der Waals surface area contributed by atoms with E-state index in [-0.39, 0.29) is 12.2 Å². The molecule has 1 aliphatic heterocycles. The Balaban J connectivity index is 0.000000208. The average molecular weight is 737 g/mol. The van der Waals surface area contributed by atoms with E-state index in [0.29, 0.717) is 29.8 Å². The third-order valence-corrected chi connectivity index (χ3v) is 9.12. The van der Waals surface area contributed by atoms with Crippen molar-refractivity contribution in [2.75, 3.05) is 40.5 Å². The van der Waals surface area contributed by atoms with E-state index in [9.17, 15) is 0 Å². The number of aromatic nitrogens is 2. The number of ether oxygens (including phenoxy) is 4. The highest BCUT2D eigenvalue weighted by Gasteiger charge is 2.45. The summed E-state index contributed by atoms with van der Waals surface area (Å²) >= 11 is 12.6. The van der Waals surface area contributed by atoms with E-state index in [4.69, 9.17) is 42.1 Å². The van der Waals surface area contributed by atoms with Gasteiger partial charge in [0.1, 0.15) is 24.6 Å². The third kappa shape index (κ3) is 10.1. The quantitative estimate of drug-likeness (QED) is 0.118. The molecule has 0 saturated carbocycles. The van der Waals surface area contributed by atoms with Gasteiger partial charge in [0.15, 0.2) is 0 Å². The Morgan fingerprint density at radius 1 is 0.827 bits per heavy atom. The molecule has 1 aromatic heterocycles. The summed E-state index contributed by atoms with van der Waals surface area (Å²) < 4.78 is 26.6. The van der Waals surface area contributed by atoms with E-state index in [1.54, 1.807) is 24.7 Å². The molecule has 1 saturated heterocycles. The summed E-state index contributed by atoms with van der Waals surface area (Å²) in [7, 11) is 4.12. The van der Waals surface area contributed by atoms with E-state index >= 15 is 0 Å². The van der Waals surface area contributed by atoms with E-state index in [1.165, 1.54) is 16.7 Å². The van der Waals surface area contributed by atoms with Crippen molar-refractivity contribution in [2.45, 2.75) is 24.5 Å². The number of imidazole rings is 1. The Morgan fingerprint density at radius 3 is 2.06 bits per heavy atom. The topological polar surface area (TPSA) is 58.0 Å². The van der Waals surface area contributed by atoms with Crippen LogP contribution in [0, 0.1) is 0 Å². The van der Waals surface area contributed by atoms with Gasteiger partial charge in [0, 0.05) is 29.5 Å². The van der Waals surface area contributed by atoms with Gasteiger partial charge in [-0.25, -0.2) is 4.98 Å². The van der Waals surface area contributed by atoms with Gasteiger partial charge in [-0.1, -0.05) is 132 Å². The number of rotatable bonds is 13. The molecule has 5 aromatic carbocycles. The SMILES string of the molecule is CN(C)CCOC(c1ccccc1)c1ccccc1.Clc1ccc([C@]2(Cn3ccnc3)OC[C@@H](COc3ccc(-c4ccccc4)cc3)O2)c(Cl)c1. The molecule has 2 atom stereocenters. The first-order chi connectivity index (χ1) is 25.4. The number of hydrogen-bond acceptors (Lipinski definition) is 6. The number of benzene rings is 5. The first kappa shape index (κ1) is 37.3. The van der Waals surface area contributed by atoms with E-state index in [2.05, 4.69) is 84.6 Å². The summed E-state index contributed by atoms with van der Waals surface area (Å²) in [6, 6.07) is 44.3. The Morgan fingerprint density at radius 2 is 1.46 bits per heavy atom. The van der Waals surface area contributed by atoms with Crippen molar-refractivity contribution in [1.29, 1.82) is 0 Å². The van der Waals surface area contributed by atoms with Gasteiger partial charge in [0.25, 0.3) is 0 Å². The fourth-order valence-corrected chi connectivity index (χ4v) is 6.48. The van der Waals surface area contributed by atoms with Crippen molar-refractivity contribution < 1.29 is 18.9 Å². The zero-order chi connectivity index (χ0) is 36.2.